The van der Waals surface area contributed by atoms with Gasteiger partial charge in [0.25, 0.3) is 0 Å². The van der Waals surface area contributed by atoms with E-state index in [1.54, 1.807) is 0 Å². The smallest absolute Gasteiger partial charge is 0.144 e. The summed E-state index contributed by atoms with van der Waals surface area (Å²) in [6.45, 7) is 1.88. The molecule has 1 atom stereocenters. The van der Waals surface area contributed by atoms with Crippen LogP contribution in [0.5, 0.6) is 0 Å². The Kier molecular flexibility index (Phi) is 3.79. The van der Waals surface area contributed by atoms with Gasteiger partial charge in [0.2, 0.25) is 0 Å². The first-order valence-corrected chi connectivity index (χ1v) is 5.36. The van der Waals surface area contributed by atoms with Crippen LogP contribution in [0.2, 0.25) is 6.82 Å². The van der Waals surface area contributed by atoms with E-state index < -0.39 is 11.9 Å². The molecule has 1 radical (unpaired) electrons. The topological polar surface area (TPSA) is 20.2 Å². The summed E-state index contributed by atoms with van der Waals surface area (Å²) >= 11 is 5.16. The molecular formula is C7H7BBrFIO. The molecule has 1 nitrogen and oxygen atoms in total. The van der Waals surface area contributed by atoms with E-state index in [9.17, 15) is 9.50 Å². The van der Waals surface area contributed by atoms with E-state index >= 15 is 0 Å². The minimum atomic E-state index is -0.982. The van der Waals surface area contributed by atoms with Crippen LogP contribution in [-0.4, -0.2) is 18.5 Å². The molecule has 0 aromatic heterocycles. The lowest BCUT2D eigenvalue weighted by molar-refractivity contribution is 0.182. The van der Waals surface area contributed by atoms with Crippen molar-refractivity contribution in [2.75, 3.05) is 0 Å². The number of hydrogen-bond donors (Lipinski definition) is 1. The number of rotatable bonds is 1. The minimum Gasteiger partial charge on any atom is -0.386 e. The van der Waals surface area contributed by atoms with Gasteiger partial charge in [0.1, 0.15) is 19.2 Å². The van der Waals surface area contributed by atoms with E-state index in [2.05, 4.69) is 38.5 Å². The molecule has 12 heavy (non-hydrogen) atoms. The zero-order valence-corrected chi connectivity index (χ0v) is 10.2. The van der Waals surface area contributed by atoms with Crippen molar-refractivity contribution >= 4 is 45.8 Å². The van der Waals surface area contributed by atoms with E-state index in [1.165, 1.54) is 0 Å². The molecule has 0 bridgehead atoms. The Morgan fingerprint density at radius 3 is 2.83 bits per heavy atom. The molecule has 5 heteroatoms. The van der Waals surface area contributed by atoms with Crippen molar-refractivity contribution in [2.45, 2.75) is 19.3 Å². The number of hydrogen-bond acceptors (Lipinski definition) is 1. The van der Waals surface area contributed by atoms with Crippen LogP contribution in [-0.2, 0) is 0 Å². The number of allylic oxidation sites excluding steroid dienone is 2. The highest BCUT2D eigenvalue weighted by Gasteiger charge is 2.24. The second-order valence-corrected chi connectivity index (χ2v) is 4.38. The summed E-state index contributed by atoms with van der Waals surface area (Å²) < 4.78 is 14.3. The fourth-order valence-electron chi connectivity index (χ4n) is 1.02. The van der Waals surface area contributed by atoms with Gasteiger partial charge in [-0.15, -0.1) is 0 Å². The Bertz CT molecular complexity index is 262. The van der Waals surface area contributed by atoms with Crippen molar-refractivity contribution in [3.05, 3.63) is 19.4 Å². The molecule has 1 aliphatic carbocycles. The lowest BCUT2D eigenvalue weighted by Gasteiger charge is -2.19. The summed E-state index contributed by atoms with van der Waals surface area (Å²) in [5.74, 6) is -0.468. The molecule has 0 fully saturated rings. The Morgan fingerprint density at radius 1 is 1.75 bits per heavy atom. The highest BCUT2D eigenvalue weighted by molar-refractivity contribution is 14.1. The number of aliphatic hydroxyl groups is 1. The van der Waals surface area contributed by atoms with Gasteiger partial charge in [0, 0.05) is 3.58 Å². The van der Waals surface area contributed by atoms with Crippen LogP contribution in [0.25, 0.3) is 0 Å². The van der Waals surface area contributed by atoms with E-state index in [1.807, 2.05) is 14.1 Å². The average molecular weight is 344 g/mol. The summed E-state index contributed by atoms with van der Waals surface area (Å²) in [6.07, 6.45) is -0.612. The molecule has 0 heterocycles. The highest BCUT2D eigenvalue weighted by atomic mass is 127. The molecule has 1 rings (SSSR count). The third-order valence-corrected chi connectivity index (χ3v) is 4.49. The number of aliphatic hydroxyl groups excluding tert-OH is 1. The first-order chi connectivity index (χ1) is 5.57. The Labute approximate surface area is 93.6 Å². The fraction of sp³-hybridized carbons (Fsp3) is 0.429. The molecular weight excluding hydrogens is 337 g/mol. The summed E-state index contributed by atoms with van der Waals surface area (Å²) in [4.78, 5) is 0. The molecule has 0 spiro atoms. The van der Waals surface area contributed by atoms with Crippen molar-refractivity contribution in [3.8, 4) is 0 Å². The van der Waals surface area contributed by atoms with Crippen LogP contribution in [0.15, 0.2) is 19.4 Å². The van der Waals surface area contributed by atoms with Gasteiger partial charge in [-0.05, 0) is 44.9 Å². The van der Waals surface area contributed by atoms with Gasteiger partial charge < -0.3 is 5.11 Å². The Morgan fingerprint density at radius 2 is 2.33 bits per heavy atom. The average Bonchev–Trinajstić information content (AvgIpc) is 2.08. The van der Waals surface area contributed by atoms with E-state index in [-0.39, 0.29) is 0 Å². The van der Waals surface area contributed by atoms with Crippen LogP contribution in [0.3, 0.4) is 0 Å². The third kappa shape index (κ3) is 1.93. The van der Waals surface area contributed by atoms with Gasteiger partial charge in [-0.3, -0.25) is 0 Å². The Hall–Kier alpha value is 0.645. The monoisotopic (exact) mass is 343 g/mol. The second-order valence-electron chi connectivity index (χ2n) is 2.51. The van der Waals surface area contributed by atoms with E-state index in [0.717, 1.165) is 9.05 Å². The molecule has 1 unspecified atom stereocenters. The maximum absolute atomic E-state index is 13.1. The van der Waals surface area contributed by atoms with Crippen molar-refractivity contribution in [3.63, 3.8) is 0 Å². The molecule has 0 aromatic rings. The summed E-state index contributed by atoms with van der Waals surface area (Å²) in [6, 6.07) is 0. The first kappa shape index (κ1) is 10.7. The minimum absolute atomic E-state index is 0.371. The van der Waals surface area contributed by atoms with Gasteiger partial charge in [-0.1, -0.05) is 12.3 Å². The van der Waals surface area contributed by atoms with Crippen LogP contribution in [0.4, 0.5) is 4.39 Å². The van der Waals surface area contributed by atoms with Crippen LogP contribution in [0.1, 0.15) is 6.42 Å². The largest absolute Gasteiger partial charge is 0.386 e. The second kappa shape index (κ2) is 4.24. The van der Waals surface area contributed by atoms with Crippen LogP contribution < -0.4 is 0 Å². The van der Waals surface area contributed by atoms with Crippen molar-refractivity contribution in [1.82, 2.24) is 0 Å². The maximum Gasteiger partial charge on any atom is 0.144 e. The fourth-order valence-corrected chi connectivity index (χ4v) is 2.33. The quantitative estimate of drug-likeness (QED) is 0.573. The van der Waals surface area contributed by atoms with Crippen LogP contribution in [0, 0.1) is 0 Å². The zero-order valence-electron chi connectivity index (χ0n) is 6.44. The summed E-state index contributed by atoms with van der Waals surface area (Å²) in [5.41, 5.74) is 0.983. The van der Waals surface area contributed by atoms with Crippen LogP contribution >= 0.6 is 38.5 Å². The summed E-state index contributed by atoms with van der Waals surface area (Å²) in [5, 5.41) is 9.25. The van der Waals surface area contributed by atoms with Gasteiger partial charge in [-0.2, -0.15) is 0 Å². The van der Waals surface area contributed by atoms with E-state index in [4.69, 9.17) is 0 Å². The molecule has 1 N–H and O–H groups in total. The lowest BCUT2D eigenvalue weighted by atomic mass is 9.68. The van der Waals surface area contributed by atoms with Crippen molar-refractivity contribution in [2.24, 2.45) is 0 Å². The van der Waals surface area contributed by atoms with Gasteiger partial charge in [0.15, 0.2) is 0 Å². The van der Waals surface area contributed by atoms with E-state index in [0.29, 0.717) is 10.9 Å². The lowest BCUT2D eigenvalue weighted by Crippen LogP contribution is -2.16. The molecule has 0 saturated carbocycles. The van der Waals surface area contributed by atoms with Gasteiger partial charge in [0.05, 0.1) is 4.48 Å². The predicted molar refractivity (Wildman–Crippen MR) is 60.3 cm³/mol. The van der Waals surface area contributed by atoms with Crippen molar-refractivity contribution in [1.29, 1.82) is 0 Å². The molecule has 0 saturated heterocycles. The van der Waals surface area contributed by atoms with Crippen molar-refractivity contribution < 1.29 is 9.50 Å². The SMILES string of the molecule is C[B]C1=C(I)C(Br)=C(F)C(O)C1. The highest BCUT2D eigenvalue weighted by Crippen LogP contribution is 2.38. The Balaban J connectivity index is 3.06. The first-order valence-electron chi connectivity index (χ1n) is 3.49. The zero-order chi connectivity index (χ0) is 9.30. The third-order valence-electron chi connectivity index (χ3n) is 1.74. The molecule has 65 valence electrons. The van der Waals surface area contributed by atoms with Gasteiger partial charge in [-0.25, -0.2) is 4.39 Å². The molecule has 0 aliphatic heterocycles. The summed E-state index contributed by atoms with van der Waals surface area (Å²) in [7, 11) is 1.89. The molecule has 0 aromatic carbocycles. The standard InChI is InChI=1S/C7H7BBrFIO/c1-8-3-2-4(12)6(10)5(9)7(3)11/h4,12H,2H2,1H3. The normalized spacial score (nSPS) is 24.9. The molecule has 0 amide bonds. The van der Waals surface area contributed by atoms with Gasteiger partial charge >= 0.3 is 0 Å². The predicted octanol–water partition coefficient (Wildman–Crippen LogP) is 2.73. The number of halogens is 3. The molecule has 1 aliphatic rings. The maximum atomic E-state index is 13.1.